The van der Waals surface area contributed by atoms with Crippen LogP contribution in [-0.4, -0.2) is 60.6 Å². The van der Waals surface area contributed by atoms with Crippen LogP contribution in [-0.2, 0) is 31.0 Å². The first-order valence-corrected chi connectivity index (χ1v) is 11.3. The molecule has 9 nitrogen and oxygen atoms in total. The third kappa shape index (κ3) is 3.12. The predicted octanol–water partition coefficient (Wildman–Crippen LogP) is 2.99. The molecule has 1 unspecified atom stereocenters. The third-order valence-corrected chi connectivity index (χ3v) is 6.79. The zero-order valence-electron chi connectivity index (χ0n) is 20.0. The molecule has 5 rings (SSSR count). The zero-order valence-corrected chi connectivity index (χ0v) is 20.0. The van der Waals surface area contributed by atoms with E-state index in [2.05, 4.69) is 4.98 Å². The molecule has 0 radical (unpaired) electrons. The quantitative estimate of drug-likeness (QED) is 0.416. The highest BCUT2D eigenvalue weighted by molar-refractivity contribution is 6.15. The Balaban J connectivity index is 1.79. The number of aromatic hydroxyl groups is 1. The van der Waals surface area contributed by atoms with Crippen LogP contribution in [0.25, 0.3) is 10.9 Å². The Morgan fingerprint density at radius 2 is 1.81 bits per heavy atom. The number of rotatable bonds is 5. The summed E-state index contributed by atoms with van der Waals surface area (Å²) in [6.45, 7) is 0.291. The molecule has 0 fully saturated rings. The van der Waals surface area contributed by atoms with E-state index in [0.29, 0.717) is 24.4 Å². The number of H-pyrrole nitrogens is 1. The maximum Gasteiger partial charge on any atom is 0.343 e. The third-order valence-electron chi connectivity index (χ3n) is 6.79. The molecule has 1 atom stereocenters. The summed E-state index contributed by atoms with van der Waals surface area (Å²) in [6, 6.07) is 11.6. The monoisotopic (exact) mass is 488 g/mol. The van der Waals surface area contributed by atoms with Crippen LogP contribution in [0.2, 0.25) is 0 Å². The average Bonchev–Trinajstić information content (AvgIpc) is 3.30. The number of Topliss-reactive ketones (excluding diaryl/α,β-unsaturated/α-hetero) is 1. The van der Waals surface area contributed by atoms with Gasteiger partial charge in [0.15, 0.2) is 5.78 Å². The fraction of sp³-hybridized carbons (Fsp3) is 0.222. The van der Waals surface area contributed by atoms with Crippen LogP contribution >= 0.6 is 0 Å². The van der Waals surface area contributed by atoms with Gasteiger partial charge in [-0.05, 0) is 42.3 Å². The van der Waals surface area contributed by atoms with Crippen LogP contribution < -0.4 is 4.74 Å². The van der Waals surface area contributed by atoms with Crippen molar-refractivity contribution in [1.29, 1.82) is 0 Å². The number of ether oxygens (including phenoxy) is 3. The number of esters is 2. The molecule has 2 aromatic carbocycles. The van der Waals surface area contributed by atoms with Crippen molar-refractivity contribution in [1.82, 2.24) is 9.88 Å². The van der Waals surface area contributed by atoms with Gasteiger partial charge in [-0.2, -0.15) is 0 Å². The van der Waals surface area contributed by atoms with Crippen molar-refractivity contribution < 1.29 is 33.7 Å². The summed E-state index contributed by atoms with van der Waals surface area (Å²) in [5, 5.41) is 11.0. The number of phenols is 1. The van der Waals surface area contributed by atoms with E-state index >= 15 is 0 Å². The van der Waals surface area contributed by atoms with E-state index in [1.54, 1.807) is 24.1 Å². The van der Waals surface area contributed by atoms with Crippen molar-refractivity contribution in [3.8, 4) is 11.5 Å². The van der Waals surface area contributed by atoms with Gasteiger partial charge in [0.2, 0.25) is 5.54 Å². The first-order chi connectivity index (χ1) is 17.4. The van der Waals surface area contributed by atoms with E-state index in [-0.39, 0.29) is 22.5 Å². The minimum absolute atomic E-state index is 0.0721. The molecule has 0 spiro atoms. The lowest BCUT2D eigenvalue weighted by atomic mass is 9.75. The van der Waals surface area contributed by atoms with Crippen LogP contribution in [0, 0.1) is 0 Å². The van der Waals surface area contributed by atoms with Crippen LogP contribution in [0.5, 0.6) is 11.5 Å². The van der Waals surface area contributed by atoms with Gasteiger partial charge in [0, 0.05) is 29.2 Å². The fourth-order valence-electron chi connectivity index (χ4n) is 5.21. The zero-order chi connectivity index (χ0) is 25.6. The van der Waals surface area contributed by atoms with Gasteiger partial charge in [-0.1, -0.05) is 18.2 Å². The van der Waals surface area contributed by atoms with Gasteiger partial charge in [0.1, 0.15) is 11.5 Å². The van der Waals surface area contributed by atoms with Crippen molar-refractivity contribution in [2.45, 2.75) is 12.0 Å². The number of para-hydroxylation sites is 1. The highest BCUT2D eigenvalue weighted by Crippen LogP contribution is 2.49. The molecule has 9 heteroatoms. The van der Waals surface area contributed by atoms with Gasteiger partial charge in [-0.25, -0.2) is 9.59 Å². The molecule has 3 aromatic rings. The molecule has 0 bridgehead atoms. The number of aromatic amines is 1. The molecule has 2 aliphatic heterocycles. The van der Waals surface area contributed by atoms with Crippen LogP contribution in [0.4, 0.5) is 0 Å². The normalized spacial score (nSPS) is 18.5. The topological polar surface area (TPSA) is 118 Å². The number of fused-ring (bicyclic) bond motifs is 5. The summed E-state index contributed by atoms with van der Waals surface area (Å²) >= 11 is 0. The molecule has 0 saturated heterocycles. The summed E-state index contributed by atoms with van der Waals surface area (Å²) in [5.41, 5.74) is 0.377. The molecule has 2 aliphatic rings. The Morgan fingerprint density at radius 1 is 1.03 bits per heavy atom. The van der Waals surface area contributed by atoms with Gasteiger partial charge in [0.25, 0.3) is 0 Å². The first kappa shape index (κ1) is 23.2. The number of carbonyl (C=O) groups is 3. The van der Waals surface area contributed by atoms with E-state index in [9.17, 15) is 19.5 Å². The van der Waals surface area contributed by atoms with E-state index < -0.39 is 23.3 Å². The van der Waals surface area contributed by atoms with Crippen molar-refractivity contribution >= 4 is 28.6 Å². The summed E-state index contributed by atoms with van der Waals surface area (Å²) in [6.07, 6.45) is 3.37. The van der Waals surface area contributed by atoms with E-state index in [1.165, 1.54) is 38.6 Å². The molecule has 2 N–H and O–H groups in total. The number of allylic oxidation sites excluding steroid dienone is 2. The van der Waals surface area contributed by atoms with Gasteiger partial charge < -0.3 is 29.2 Å². The Labute approximate surface area is 206 Å². The van der Waals surface area contributed by atoms with Gasteiger partial charge in [-0.15, -0.1) is 0 Å². The highest BCUT2D eigenvalue weighted by Gasteiger charge is 2.58. The molecule has 3 heterocycles. The van der Waals surface area contributed by atoms with Gasteiger partial charge in [0.05, 0.1) is 38.2 Å². The lowest BCUT2D eigenvalue weighted by Crippen LogP contribution is -2.58. The highest BCUT2D eigenvalue weighted by atomic mass is 16.5. The largest absolute Gasteiger partial charge is 0.507 e. The standard InChI is InChI=1S/C27H24N2O7/c1-34-21-10-6-8-19-22(21)17-11-12-29-14-15(23(31)16-7-4-5-9-20(16)30)13-18(25(32)35-2)27(29,24(17)28-19)26(33)36-3/h4-10,13-14,28,30H,11-12H2,1-3H3. The van der Waals surface area contributed by atoms with Crippen LogP contribution in [0.1, 0.15) is 21.6 Å². The lowest BCUT2D eigenvalue weighted by Gasteiger charge is -2.46. The van der Waals surface area contributed by atoms with Gasteiger partial charge >= 0.3 is 11.9 Å². The average molecular weight is 488 g/mol. The van der Waals surface area contributed by atoms with Crippen molar-refractivity contribution in [3.05, 3.63) is 82.7 Å². The number of aromatic nitrogens is 1. The summed E-state index contributed by atoms with van der Waals surface area (Å²) in [5.74, 6) is -1.57. The second kappa shape index (κ2) is 8.60. The maximum absolute atomic E-state index is 13.6. The summed E-state index contributed by atoms with van der Waals surface area (Å²) < 4.78 is 15.9. The Morgan fingerprint density at radius 3 is 2.50 bits per heavy atom. The number of hydrogen-bond donors (Lipinski definition) is 2. The van der Waals surface area contributed by atoms with Crippen LogP contribution in [0.15, 0.2) is 65.9 Å². The number of carbonyl (C=O) groups excluding carboxylic acids is 3. The fourth-order valence-corrected chi connectivity index (χ4v) is 5.21. The van der Waals surface area contributed by atoms with Crippen molar-refractivity contribution in [3.63, 3.8) is 0 Å². The Kier molecular flexibility index (Phi) is 5.55. The molecule has 36 heavy (non-hydrogen) atoms. The predicted molar refractivity (Wildman–Crippen MR) is 130 cm³/mol. The minimum Gasteiger partial charge on any atom is -0.507 e. The number of nitrogens with zero attached hydrogens (tertiary/aromatic N) is 1. The summed E-state index contributed by atoms with van der Waals surface area (Å²) in [7, 11) is 4.02. The van der Waals surface area contributed by atoms with Crippen LogP contribution in [0.3, 0.4) is 0 Å². The maximum atomic E-state index is 13.6. The number of phenolic OH excluding ortho intramolecular Hbond substituents is 1. The van der Waals surface area contributed by atoms with Gasteiger partial charge in [-0.3, -0.25) is 4.79 Å². The summed E-state index contributed by atoms with van der Waals surface area (Å²) in [4.78, 5) is 45.2. The molecule has 0 aliphatic carbocycles. The van der Waals surface area contributed by atoms with E-state index in [4.69, 9.17) is 14.2 Å². The molecular weight excluding hydrogens is 464 g/mol. The number of benzene rings is 2. The van der Waals surface area contributed by atoms with Crippen molar-refractivity contribution in [2.24, 2.45) is 0 Å². The van der Waals surface area contributed by atoms with E-state index in [1.807, 2.05) is 18.2 Å². The van der Waals surface area contributed by atoms with Crippen molar-refractivity contribution in [2.75, 3.05) is 27.9 Å². The number of methoxy groups -OCH3 is 3. The number of ketones is 1. The lowest BCUT2D eigenvalue weighted by molar-refractivity contribution is -0.156. The minimum atomic E-state index is -1.72. The molecule has 184 valence electrons. The second-order valence-electron chi connectivity index (χ2n) is 8.49. The molecule has 1 aromatic heterocycles. The van der Waals surface area contributed by atoms with E-state index in [0.717, 1.165) is 16.5 Å². The Hall–Kier alpha value is -4.53. The SMILES string of the molecule is COC(=O)C1=CC(C(=O)c2ccccc2O)=CN2CCc3c([nH]c4cccc(OC)c34)C12C(=O)OC. The first-order valence-electron chi connectivity index (χ1n) is 11.3. The second-order valence-corrected chi connectivity index (χ2v) is 8.49. The molecule has 0 saturated carbocycles. The number of hydrogen-bond acceptors (Lipinski definition) is 8. The molecule has 0 amide bonds. The molecular formula is C27H24N2O7. The number of nitrogens with one attached hydrogen (secondary N) is 1. The smallest absolute Gasteiger partial charge is 0.343 e. The Bertz CT molecular complexity index is 1480.